The molecule has 0 aliphatic carbocycles. The predicted octanol–water partition coefficient (Wildman–Crippen LogP) is 2.04. The fraction of sp³-hybridized carbons (Fsp3) is 0.600. The predicted molar refractivity (Wildman–Crippen MR) is 74.3 cm³/mol. The maximum atomic E-state index is 13.0. The van der Waals surface area contributed by atoms with Crippen molar-refractivity contribution >= 4 is 0 Å². The second-order valence-corrected chi connectivity index (χ2v) is 5.48. The van der Waals surface area contributed by atoms with Crippen molar-refractivity contribution in [2.45, 2.75) is 31.9 Å². The number of nitrogens with zero attached hydrogens (tertiary/aromatic N) is 1. The van der Waals surface area contributed by atoms with Crippen LogP contribution < -0.4 is 5.32 Å². The highest BCUT2D eigenvalue weighted by atomic mass is 19.2. The van der Waals surface area contributed by atoms with E-state index >= 15 is 0 Å². The van der Waals surface area contributed by atoms with Crippen LogP contribution in [0.25, 0.3) is 0 Å². The average Bonchev–Trinajstić information content (AvgIpc) is 2.46. The van der Waals surface area contributed by atoms with Gasteiger partial charge in [-0.05, 0) is 50.0 Å². The van der Waals surface area contributed by atoms with Gasteiger partial charge in [0.1, 0.15) is 0 Å². The van der Waals surface area contributed by atoms with E-state index < -0.39 is 17.5 Å². The third-order valence-corrected chi connectivity index (χ3v) is 3.76. The summed E-state index contributed by atoms with van der Waals surface area (Å²) >= 11 is 0. The van der Waals surface area contributed by atoms with E-state index in [1.165, 1.54) is 0 Å². The molecule has 1 aromatic carbocycles. The van der Waals surface area contributed by atoms with Crippen LogP contribution in [0.5, 0.6) is 0 Å². The topological polar surface area (TPSA) is 35.5 Å². The van der Waals surface area contributed by atoms with E-state index in [0.29, 0.717) is 12.1 Å². The fourth-order valence-electron chi connectivity index (χ4n) is 2.51. The Hall–Kier alpha value is -1.11. The SMILES string of the molecule is OC1CCN(CCCNCc2cc(F)c(F)c(F)c2)CC1. The molecular formula is C15H21F3N2O. The molecule has 0 atom stereocenters. The molecule has 6 heteroatoms. The molecule has 1 aliphatic rings. The van der Waals surface area contributed by atoms with Crippen molar-refractivity contribution in [2.24, 2.45) is 0 Å². The van der Waals surface area contributed by atoms with E-state index in [4.69, 9.17) is 0 Å². The highest BCUT2D eigenvalue weighted by Crippen LogP contribution is 2.13. The summed E-state index contributed by atoms with van der Waals surface area (Å²) in [5, 5.41) is 12.5. The Morgan fingerprint density at radius 3 is 2.38 bits per heavy atom. The number of piperidine rings is 1. The van der Waals surface area contributed by atoms with Crippen LogP contribution in [0.15, 0.2) is 12.1 Å². The van der Waals surface area contributed by atoms with Gasteiger partial charge in [-0.25, -0.2) is 13.2 Å². The lowest BCUT2D eigenvalue weighted by molar-refractivity contribution is 0.0821. The van der Waals surface area contributed by atoms with Gasteiger partial charge in [0.25, 0.3) is 0 Å². The minimum atomic E-state index is -1.42. The summed E-state index contributed by atoms with van der Waals surface area (Å²) in [6.45, 7) is 3.80. The van der Waals surface area contributed by atoms with Crippen molar-refractivity contribution < 1.29 is 18.3 Å². The Morgan fingerprint density at radius 2 is 1.76 bits per heavy atom. The maximum Gasteiger partial charge on any atom is 0.194 e. The van der Waals surface area contributed by atoms with E-state index in [-0.39, 0.29) is 6.10 Å². The largest absolute Gasteiger partial charge is 0.393 e. The van der Waals surface area contributed by atoms with Gasteiger partial charge in [-0.2, -0.15) is 0 Å². The van der Waals surface area contributed by atoms with Crippen LogP contribution >= 0.6 is 0 Å². The molecule has 118 valence electrons. The molecule has 0 amide bonds. The van der Waals surface area contributed by atoms with Crippen molar-refractivity contribution in [2.75, 3.05) is 26.2 Å². The number of aliphatic hydroxyl groups is 1. The number of halogens is 3. The third kappa shape index (κ3) is 4.98. The van der Waals surface area contributed by atoms with Gasteiger partial charge in [-0.3, -0.25) is 0 Å². The lowest BCUT2D eigenvalue weighted by atomic mass is 10.1. The van der Waals surface area contributed by atoms with Crippen LogP contribution in [-0.2, 0) is 6.54 Å². The molecule has 0 unspecified atom stereocenters. The zero-order valence-electron chi connectivity index (χ0n) is 11.9. The van der Waals surface area contributed by atoms with Gasteiger partial charge >= 0.3 is 0 Å². The Kier molecular flexibility index (Phi) is 6.02. The first-order chi connectivity index (χ1) is 10.1. The molecule has 1 fully saturated rings. The van der Waals surface area contributed by atoms with Gasteiger partial charge < -0.3 is 15.3 Å². The average molecular weight is 302 g/mol. The molecule has 0 saturated carbocycles. The maximum absolute atomic E-state index is 13.0. The van der Waals surface area contributed by atoms with Crippen molar-refractivity contribution in [3.8, 4) is 0 Å². The van der Waals surface area contributed by atoms with E-state index in [2.05, 4.69) is 10.2 Å². The molecular weight excluding hydrogens is 281 g/mol. The van der Waals surface area contributed by atoms with Crippen molar-refractivity contribution in [3.05, 3.63) is 35.1 Å². The number of rotatable bonds is 6. The Labute approximate surface area is 122 Å². The molecule has 1 saturated heterocycles. The number of aliphatic hydroxyl groups excluding tert-OH is 1. The Balaban J connectivity index is 1.64. The second-order valence-electron chi connectivity index (χ2n) is 5.48. The van der Waals surface area contributed by atoms with Gasteiger partial charge in [-0.1, -0.05) is 0 Å². The van der Waals surface area contributed by atoms with E-state index in [0.717, 1.165) is 57.6 Å². The summed E-state index contributed by atoms with van der Waals surface area (Å²) in [6.07, 6.45) is 2.40. The quantitative estimate of drug-likeness (QED) is 0.623. The Bertz CT molecular complexity index is 439. The first-order valence-electron chi connectivity index (χ1n) is 7.31. The van der Waals surface area contributed by atoms with Gasteiger partial charge in [0.2, 0.25) is 0 Å². The van der Waals surface area contributed by atoms with Crippen LogP contribution in [0.4, 0.5) is 13.2 Å². The molecule has 1 aromatic rings. The normalized spacial score (nSPS) is 17.3. The van der Waals surface area contributed by atoms with Gasteiger partial charge in [0.15, 0.2) is 17.5 Å². The summed E-state index contributed by atoms with van der Waals surface area (Å²) < 4.78 is 38.8. The summed E-state index contributed by atoms with van der Waals surface area (Å²) in [4.78, 5) is 2.30. The van der Waals surface area contributed by atoms with Gasteiger partial charge in [0, 0.05) is 19.6 Å². The molecule has 2 N–H and O–H groups in total. The highest BCUT2D eigenvalue weighted by molar-refractivity contribution is 5.19. The Morgan fingerprint density at radius 1 is 1.14 bits per heavy atom. The number of hydrogen-bond donors (Lipinski definition) is 2. The van der Waals surface area contributed by atoms with Gasteiger partial charge in [-0.15, -0.1) is 0 Å². The molecule has 2 rings (SSSR count). The highest BCUT2D eigenvalue weighted by Gasteiger charge is 2.16. The van der Waals surface area contributed by atoms with E-state index in [1.54, 1.807) is 0 Å². The minimum Gasteiger partial charge on any atom is -0.393 e. The van der Waals surface area contributed by atoms with Crippen LogP contribution in [0.2, 0.25) is 0 Å². The lowest BCUT2D eigenvalue weighted by Gasteiger charge is -2.29. The molecule has 21 heavy (non-hydrogen) atoms. The van der Waals surface area contributed by atoms with Crippen LogP contribution in [-0.4, -0.2) is 42.3 Å². The van der Waals surface area contributed by atoms with Crippen molar-refractivity contribution in [3.63, 3.8) is 0 Å². The molecule has 0 radical (unpaired) electrons. The third-order valence-electron chi connectivity index (χ3n) is 3.76. The fourth-order valence-corrected chi connectivity index (χ4v) is 2.51. The zero-order valence-corrected chi connectivity index (χ0v) is 11.9. The molecule has 0 spiro atoms. The van der Waals surface area contributed by atoms with Crippen LogP contribution in [0, 0.1) is 17.5 Å². The minimum absolute atomic E-state index is 0.164. The first kappa shape index (κ1) is 16.3. The molecule has 0 bridgehead atoms. The second kappa shape index (κ2) is 7.77. The van der Waals surface area contributed by atoms with E-state index in [9.17, 15) is 18.3 Å². The monoisotopic (exact) mass is 302 g/mol. The zero-order chi connectivity index (χ0) is 15.2. The number of likely N-dealkylation sites (tertiary alicyclic amines) is 1. The summed E-state index contributed by atoms with van der Waals surface area (Å²) in [7, 11) is 0. The first-order valence-corrected chi connectivity index (χ1v) is 7.31. The van der Waals surface area contributed by atoms with Crippen molar-refractivity contribution in [1.82, 2.24) is 10.2 Å². The molecule has 3 nitrogen and oxygen atoms in total. The summed E-state index contributed by atoms with van der Waals surface area (Å²) in [5.74, 6) is -3.73. The number of nitrogens with one attached hydrogen (secondary N) is 1. The lowest BCUT2D eigenvalue weighted by Crippen LogP contribution is -2.37. The van der Waals surface area contributed by atoms with Crippen LogP contribution in [0.1, 0.15) is 24.8 Å². The smallest absolute Gasteiger partial charge is 0.194 e. The standard InChI is InChI=1S/C15H21F3N2O/c16-13-8-11(9-14(17)15(13)18)10-19-4-1-5-20-6-2-12(21)3-7-20/h8-9,12,19,21H,1-7,10H2. The van der Waals surface area contributed by atoms with E-state index in [1.807, 2.05) is 0 Å². The van der Waals surface area contributed by atoms with Gasteiger partial charge in [0.05, 0.1) is 6.10 Å². The molecule has 0 aromatic heterocycles. The summed E-state index contributed by atoms with van der Waals surface area (Å²) in [6, 6.07) is 2.02. The van der Waals surface area contributed by atoms with Crippen molar-refractivity contribution in [1.29, 1.82) is 0 Å². The molecule has 1 aliphatic heterocycles. The molecule has 1 heterocycles. The van der Waals surface area contributed by atoms with Crippen LogP contribution in [0.3, 0.4) is 0 Å². The summed E-state index contributed by atoms with van der Waals surface area (Å²) in [5.41, 5.74) is 0.396. The number of hydrogen-bond acceptors (Lipinski definition) is 3. The number of benzene rings is 1.